The highest BCUT2D eigenvalue weighted by Crippen LogP contribution is 2.23. The molecule has 1 amide bonds. The molecule has 1 rings (SSSR count). The number of carbonyl (C=O) groups is 1. The SMILES string of the molecule is CCOC(=O)NS(=O)(=O)Nc1ncc(Br)s1. The van der Waals surface area contributed by atoms with Crippen LogP contribution in [0.4, 0.5) is 9.93 Å². The highest BCUT2D eigenvalue weighted by molar-refractivity contribution is 9.11. The molecule has 0 unspecified atom stereocenters. The van der Waals surface area contributed by atoms with E-state index < -0.39 is 16.3 Å². The molecule has 0 aliphatic carbocycles. The van der Waals surface area contributed by atoms with Crippen LogP contribution in [0, 0.1) is 0 Å². The van der Waals surface area contributed by atoms with Crippen molar-refractivity contribution in [3.05, 3.63) is 9.98 Å². The molecule has 10 heteroatoms. The molecular formula is C6H8BrN3O4S2. The Morgan fingerprint density at radius 3 is 2.88 bits per heavy atom. The number of halogens is 1. The summed E-state index contributed by atoms with van der Waals surface area (Å²) >= 11 is 4.20. The Kier molecular flexibility index (Phi) is 4.50. The van der Waals surface area contributed by atoms with Crippen molar-refractivity contribution in [1.82, 2.24) is 9.71 Å². The van der Waals surface area contributed by atoms with E-state index in [9.17, 15) is 13.2 Å². The maximum Gasteiger partial charge on any atom is 0.422 e. The monoisotopic (exact) mass is 329 g/mol. The Balaban J connectivity index is 2.62. The number of hydrogen-bond acceptors (Lipinski definition) is 6. The Morgan fingerprint density at radius 1 is 1.69 bits per heavy atom. The minimum absolute atomic E-state index is 0.0875. The van der Waals surface area contributed by atoms with E-state index >= 15 is 0 Å². The van der Waals surface area contributed by atoms with Crippen LogP contribution in [0.2, 0.25) is 0 Å². The first kappa shape index (κ1) is 13.2. The van der Waals surface area contributed by atoms with Crippen molar-refractivity contribution in [1.29, 1.82) is 0 Å². The zero-order valence-electron chi connectivity index (χ0n) is 8.06. The van der Waals surface area contributed by atoms with Gasteiger partial charge in [0.05, 0.1) is 16.6 Å². The molecule has 1 aromatic heterocycles. The van der Waals surface area contributed by atoms with Gasteiger partial charge in [-0.05, 0) is 22.9 Å². The summed E-state index contributed by atoms with van der Waals surface area (Å²) in [6, 6.07) is 0. The first-order valence-corrected chi connectivity index (χ1v) is 7.11. The Hall–Kier alpha value is -0.870. The van der Waals surface area contributed by atoms with Crippen LogP contribution in [-0.4, -0.2) is 26.1 Å². The van der Waals surface area contributed by atoms with Crippen LogP contribution < -0.4 is 9.44 Å². The summed E-state index contributed by atoms with van der Waals surface area (Å²) in [5.74, 6) is 0. The van der Waals surface area contributed by atoms with Gasteiger partial charge in [0.25, 0.3) is 0 Å². The minimum atomic E-state index is -3.99. The molecule has 1 heterocycles. The highest BCUT2D eigenvalue weighted by atomic mass is 79.9. The number of carbonyl (C=O) groups excluding carboxylic acids is 1. The molecule has 1 aromatic rings. The van der Waals surface area contributed by atoms with E-state index in [2.05, 4.69) is 30.4 Å². The summed E-state index contributed by atoms with van der Waals surface area (Å²) in [5.41, 5.74) is 0. The van der Waals surface area contributed by atoms with Crippen LogP contribution in [0.3, 0.4) is 0 Å². The lowest BCUT2D eigenvalue weighted by Crippen LogP contribution is -2.35. The lowest BCUT2D eigenvalue weighted by Gasteiger charge is -2.06. The van der Waals surface area contributed by atoms with Gasteiger partial charge in [-0.3, -0.25) is 0 Å². The van der Waals surface area contributed by atoms with Crippen molar-refractivity contribution in [2.75, 3.05) is 11.3 Å². The lowest BCUT2D eigenvalue weighted by atomic mass is 10.9. The normalized spacial score (nSPS) is 10.9. The smallest absolute Gasteiger partial charge is 0.422 e. The van der Waals surface area contributed by atoms with Gasteiger partial charge in [-0.2, -0.15) is 8.42 Å². The maximum atomic E-state index is 11.3. The molecule has 0 saturated carbocycles. The van der Waals surface area contributed by atoms with Crippen LogP contribution in [0.25, 0.3) is 0 Å². The number of nitrogens with one attached hydrogen (secondary N) is 2. The van der Waals surface area contributed by atoms with E-state index in [1.807, 2.05) is 0 Å². The van der Waals surface area contributed by atoms with Gasteiger partial charge < -0.3 is 4.74 Å². The van der Waals surface area contributed by atoms with Crippen LogP contribution in [0.15, 0.2) is 9.98 Å². The van der Waals surface area contributed by atoms with Crippen molar-refractivity contribution in [2.45, 2.75) is 6.92 Å². The lowest BCUT2D eigenvalue weighted by molar-refractivity contribution is 0.159. The molecule has 2 N–H and O–H groups in total. The molecule has 0 aliphatic rings. The van der Waals surface area contributed by atoms with Gasteiger partial charge in [0, 0.05) is 0 Å². The Bertz CT molecular complexity index is 472. The first-order chi connectivity index (χ1) is 7.43. The molecular weight excluding hydrogens is 322 g/mol. The molecule has 16 heavy (non-hydrogen) atoms. The number of aromatic nitrogens is 1. The van der Waals surface area contributed by atoms with E-state index in [-0.39, 0.29) is 11.7 Å². The fourth-order valence-electron chi connectivity index (χ4n) is 0.712. The number of anilines is 1. The summed E-state index contributed by atoms with van der Waals surface area (Å²) in [5, 5.41) is 0.142. The minimum Gasteiger partial charge on any atom is -0.449 e. The fourth-order valence-corrected chi connectivity index (χ4v) is 2.78. The number of rotatable bonds is 4. The molecule has 90 valence electrons. The molecule has 0 fully saturated rings. The molecule has 0 aliphatic heterocycles. The van der Waals surface area contributed by atoms with Crippen LogP contribution in [0.1, 0.15) is 6.92 Å². The Morgan fingerprint density at radius 2 is 2.38 bits per heavy atom. The van der Waals surface area contributed by atoms with E-state index in [1.54, 1.807) is 11.6 Å². The van der Waals surface area contributed by atoms with E-state index in [1.165, 1.54) is 6.20 Å². The third-order valence-corrected chi connectivity index (χ3v) is 3.61. The number of thiazole rings is 1. The second kappa shape index (κ2) is 5.46. The van der Waals surface area contributed by atoms with E-state index in [0.29, 0.717) is 3.79 Å². The zero-order chi connectivity index (χ0) is 12.2. The quantitative estimate of drug-likeness (QED) is 0.867. The van der Waals surface area contributed by atoms with Crippen LogP contribution in [0.5, 0.6) is 0 Å². The van der Waals surface area contributed by atoms with Gasteiger partial charge in [0.2, 0.25) is 0 Å². The van der Waals surface area contributed by atoms with Gasteiger partial charge in [-0.25, -0.2) is 19.2 Å². The van der Waals surface area contributed by atoms with Gasteiger partial charge in [-0.15, -0.1) is 0 Å². The van der Waals surface area contributed by atoms with Crippen molar-refractivity contribution < 1.29 is 17.9 Å². The molecule has 0 saturated heterocycles. The number of nitrogens with zero attached hydrogens (tertiary/aromatic N) is 1. The summed E-state index contributed by atoms with van der Waals surface area (Å²) < 4.78 is 31.5. The van der Waals surface area contributed by atoms with Gasteiger partial charge in [0.15, 0.2) is 5.13 Å². The van der Waals surface area contributed by atoms with Gasteiger partial charge in [0.1, 0.15) is 0 Å². The second-order valence-electron chi connectivity index (χ2n) is 2.40. The van der Waals surface area contributed by atoms with Crippen molar-refractivity contribution >= 4 is 48.7 Å². The molecule has 7 nitrogen and oxygen atoms in total. The van der Waals surface area contributed by atoms with Crippen LogP contribution in [-0.2, 0) is 14.9 Å². The highest BCUT2D eigenvalue weighted by Gasteiger charge is 2.16. The summed E-state index contributed by atoms with van der Waals surface area (Å²) in [7, 11) is -3.99. The first-order valence-electron chi connectivity index (χ1n) is 4.01. The summed E-state index contributed by atoms with van der Waals surface area (Å²) in [6.07, 6.45) is 0.401. The zero-order valence-corrected chi connectivity index (χ0v) is 11.3. The number of amides is 1. The molecule has 0 atom stereocenters. The molecule has 0 aromatic carbocycles. The van der Waals surface area contributed by atoms with E-state index in [0.717, 1.165) is 11.3 Å². The third kappa shape index (κ3) is 4.33. The van der Waals surface area contributed by atoms with Crippen molar-refractivity contribution in [3.63, 3.8) is 0 Å². The van der Waals surface area contributed by atoms with Crippen molar-refractivity contribution in [3.8, 4) is 0 Å². The third-order valence-electron chi connectivity index (χ3n) is 1.19. The van der Waals surface area contributed by atoms with Gasteiger partial charge in [-0.1, -0.05) is 11.3 Å². The van der Waals surface area contributed by atoms with Gasteiger partial charge >= 0.3 is 16.3 Å². The molecule has 0 spiro atoms. The average Bonchev–Trinajstić information content (AvgIpc) is 2.49. The second-order valence-corrected chi connectivity index (χ2v) is 6.22. The Labute approximate surface area is 105 Å². The summed E-state index contributed by atoms with van der Waals surface area (Å²) in [4.78, 5) is 14.6. The summed E-state index contributed by atoms with van der Waals surface area (Å²) in [6.45, 7) is 1.65. The predicted molar refractivity (Wildman–Crippen MR) is 62.5 cm³/mol. The maximum absolute atomic E-state index is 11.3. The van der Waals surface area contributed by atoms with E-state index in [4.69, 9.17) is 0 Å². The number of ether oxygens (including phenoxy) is 1. The number of hydrogen-bond donors (Lipinski definition) is 2. The van der Waals surface area contributed by atoms with Crippen molar-refractivity contribution in [2.24, 2.45) is 0 Å². The topological polar surface area (TPSA) is 97.4 Å². The fraction of sp³-hybridized carbons (Fsp3) is 0.333. The standard InChI is InChI=1S/C6H8BrN3O4S2/c1-2-14-6(11)10-16(12,13)9-5-8-3-4(7)15-5/h3H,2H2,1H3,(H,8,9)(H,10,11). The molecule has 0 radical (unpaired) electrons. The predicted octanol–water partition coefficient (Wildman–Crippen LogP) is 1.31. The largest absolute Gasteiger partial charge is 0.449 e. The van der Waals surface area contributed by atoms with Crippen LogP contribution >= 0.6 is 27.3 Å². The average molecular weight is 330 g/mol. The molecule has 0 bridgehead atoms.